The summed E-state index contributed by atoms with van der Waals surface area (Å²) in [5.41, 5.74) is 6.33. The van der Waals surface area contributed by atoms with Gasteiger partial charge in [0.15, 0.2) is 5.82 Å². The summed E-state index contributed by atoms with van der Waals surface area (Å²) in [5, 5.41) is 3.28. The highest BCUT2D eigenvalue weighted by atomic mass is 16.6. The van der Waals surface area contributed by atoms with Gasteiger partial charge in [0.25, 0.3) is 0 Å². The second kappa shape index (κ2) is 6.96. The quantitative estimate of drug-likeness (QED) is 0.857. The monoisotopic (exact) mass is 295 g/mol. The maximum Gasteiger partial charge on any atom is 0.409 e. The van der Waals surface area contributed by atoms with Gasteiger partial charge in [-0.3, -0.25) is 0 Å². The van der Waals surface area contributed by atoms with Crippen LogP contribution in [-0.2, 0) is 4.74 Å². The molecule has 1 aromatic heterocycles. The SMILES string of the molecule is CCOC(=O)N1CCC(Nc2ncnc(OC)c2N)CC1. The summed E-state index contributed by atoms with van der Waals surface area (Å²) in [6.45, 7) is 3.50. The molecule has 1 aromatic rings. The Hall–Kier alpha value is -2.25. The number of amides is 1. The van der Waals surface area contributed by atoms with Crippen molar-refractivity contribution in [2.45, 2.75) is 25.8 Å². The largest absolute Gasteiger partial charge is 0.479 e. The van der Waals surface area contributed by atoms with E-state index in [2.05, 4.69) is 15.3 Å². The first-order valence-corrected chi connectivity index (χ1v) is 6.98. The minimum absolute atomic E-state index is 0.206. The second-order valence-corrected chi connectivity index (χ2v) is 4.75. The van der Waals surface area contributed by atoms with Gasteiger partial charge >= 0.3 is 6.09 Å². The molecule has 21 heavy (non-hydrogen) atoms. The average Bonchev–Trinajstić information content (AvgIpc) is 2.50. The van der Waals surface area contributed by atoms with Crippen molar-refractivity contribution in [2.24, 2.45) is 0 Å². The number of carbonyl (C=O) groups excluding carboxylic acids is 1. The van der Waals surface area contributed by atoms with Crippen molar-refractivity contribution in [3.63, 3.8) is 0 Å². The number of anilines is 2. The first kappa shape index (κ1) is 15.1. The fourth-order valence-corrected chi connectivity index (χ4v) is 2.27. The van der Waals surface area contributed by atoms with Gasteiger partial charge in [-0.25, -0.2) is 9.78 Å². The molecule has 2 heterocycles. The van der Waals surface area contributed by atoms with Crippen molar-refractivity contribution in [1.82, 2.24) is 14.9 Å². The third kappa shape index (κ3) is 3.65. The fraction of sp³-hybridized carbons (Fsp3) is 0.615. The van der Waals surface area contributed by atoms with E-state index in [1.54, 1.807) is 11.8 Å². The van der Waals surface area contributed by atoms with E-state index in [-0.39, 0.29) is 12.1 Å². The maximum atomic E-state index is 11.6. The lowest BCUT2D eigenvalue weighted by Crippen LogP contribution is -2.42. The molecule has 1 fully saturated rings. The van der Waals surface area contributed by atoms with Crippen molar-refractivity contribution >= 4 is 17.6 Å². The number of nitrogens with one attached hydrogen (secondary N) is 1. The number of rotatable bonds is 4. The molecule has 0 spiro atoms. The first-order valence-electron chi connectivity index (χ1n) is 6.98. The predicted octanol–water partition coefficient (Wildman–Crippen LogP) is 1.10. The second-order valence-electron chi connectivity index (χ2n) is 4.75. The van der Waals surface area contributed by atoms with Crippen LogP contribution < -0.4 is 15.8 Å². The van der Waals surface area contributed by atoms with Crippen LogP contribution in [0.3, 0.4) is 0 Å². The Morgan fingerprint density at radius 2 is 2.19 bits per heavy atom. The third-order valence-electron chi connectivity index (χ3n) is 3.40. The molecule has 8 nitrogen and oxygen atoms in total. The van der Waals surface area contributed by atoms with Crippen LogP contribution in [0.4, 0.5) is 16.3 Å². The minimum atomic E-state index is -0.251. The molecular weight excluding hydrogens is 274 g/mol. The summed E-state index contributed by atoms with van der Waals surface area (Å²) in [7, 11) is 1.51. The van der Waals surface area contributed by atoms with E-state index in [0.717, 1.165) is 12.8 Å². The minimum Gasteiger partial charge on any atom is -0.479 e. The standard InChI is InChI=1S/C13H21N5O3/c1-3-21-13(19)18-6-4-9(5-7-18)17-11-10(14)12(20-2)16-8-15-11/h8-9H,3-7,14H2,1-2H3,(H,15,16,17). The highest BCUT2D eigenvalue weighted by molar-refractivity contribution is 5.68. The number of nitrogens with zero attached hydrogens (tertiary/aromatic N) is 3. The zero-order valence-electron chi connectivity index (χ0n) is 12.3. The number of hydrogen-bond acceptors (Lipinski definition) is 7. The molecule has 0 atom stereocenters. The molecule has 0 aromatic carbocycles. The number of nitrogens with two attached hydrogens (primary N) is 1. The van der Waals surface area contributed by atoms with Crippen molar-refractivity contribution < 1.29 is 14.3 Å². The van der Waals surface area contributed by atoms with E-state index in [1.165, 1.54) is 13.4 Å². The van der Waals surface area contributed by atoms with Gasteiger partial charge in [0.05, 0.1) is 13.7 Å². The molecule has 0 unspecified atom stereocenters. The van der Waals surface area contributed by atoms with Gasteiger partial charge in [0, 0.05) is 19.1 Å². The number of ether oxygens (including phenoxy) is 2. The molecule has 116 valence electrons. The molecule has 3 N–H and O–H groups in total. The number of likely N-dealkylation sites (tertiary alicyclic amines) is 1. The number of aromatic nitrogens is 2. The van der Waals surface area contributed by atoms with E-state index in [0.29, 0.717) is 37.1 Å². The van der Waals surface area contributed by atoms with Crippen LogP contribution in [0, 0.1) is 0 Å². The maximum absolute atomic E-state index is 11.6. The third-order valence-corrected chi connectivity index (χ3v) is 3.40. The zero-order valence-corrected chi connectivity index (χ0v) is 12.3. The fourth-order valence-electron chi connectivity index (χ4n) is 2.27. The summed E-state index contributed by atoms with van der Waals surface area (Å²) in [6.07, 6.45) is 2.78. The van der Waals surface area contributed by atoms with Gasteiger partial charge in [-0.1, -0.05) is 0 Å². The molecule has 2 rings (SSSR count). The Bertz CT molecular complexity index is 489. The molecule has 0 aliphatic carbocycles. The van der Waals surface area contributed by atoms with Crippen LogP contribution in [-0.4, -0.2) is 53.8 Å². The van der Waals surface area contributed by atoms with Crippen LogP contribution >= 0.6 is 0 Å². The molecular formula is C13H21N5O3. The number of methoxy groups -OCH3 is 1. The number of piperidine rings is 1. The Morgan fingerprint density at radius 3 is 2.81 bits per heavy atom. The van der Waals surface area contributed by atoms with Crippen LogP contribution in [0.15, 0.2) is 6.33 Å². The van der Waals surface area contributed by atoms with Gasteiger partial charge in [0.2, 0.25) is 5.88 Å². The summed E-state index contributed by atoms with van der Waals surface area (Å²) in [5.74, 6) is 0.924. The van der Waals surface area contributed by atoms with Gasteiger partial charge in [-0.2, -0.15) is 4.98 Å². The normalized spacial score (nSPS) is 15.6. The summed E-state index contributed by atoms with van der Waals surface area (Å²) in [4.78, 5) is 21.4. The lowest BCUT2D eigenvalue weighted by Gasteiger charge is -2.32. The molecule has 1 aliphatic heterocycles. The van der Waals surface area contributed by atoms with Gasteiger partial charge in [0.1, 0.15) is 12.0 Å². The highest BCUT2D eigenvalue weighted by Gasteiger charge is 2.24. The van der Waals surface area contributed by atoms with E-state index >= 15 is 0 Å². The lowest BCUT2D eigenvalue weighted by atomic mass is 10.1. The topological polar surface area (TPSA) is 103 Å². The Morgan fingerprint density at radius 1 is 1.48 bits per heavy atom. The molecule has 1 amide bonds. The molecule has 0 saturated carbocycles. The number of hydrogen-bond donors (Lipinski definition) is 2. The predicted molar refractivity (Wildman–Crippen MR) is 78.2 cm³/mol. The van der Waals surface area contributed by atoms with E-state index < -0.39 is 0 Å². The lowest BCUT2D eigenvalue weighted by molar-refractivity contribution is 0.0983. The Labute approximate surface area is 123 Å². The summed E-state index contributed by atoms with van der Waals surface area (Å²) in [6, 6.07) is 0.206. The summed E-state index contributed by atoms with van der Waals surface area (Å²) < 4.78 is 10.1. The molecule has 1 aliphatic rings. The molecule has 0 radical (unpaired) electrons. The van der Waals surface area contributed by atoms with E-state index in [1.807, 2.05) is 0 Å². The van der Waals surface area contributed by atoms with Crippen LogP contribution in [0.25, 0.3) is 0 Å². The Kier molecular flexibility index (Phi) is 5.02. The van der Waals surface area contributed by atoms with Crippen molar-refractivity contribution in [3.8, 4) is 5.88 Å². The van der Waals surface area contributed by atoms with Crippen LogP contribution in [0.5, 0.6) is 5.88 Å². The molecule has 1 saturated heterocycles. The van der Waals surface area contributed by atoms with Gasteiger partial charge in [-0.15, -0.1) is 0 Å². The van der Waals surface area contributed by atoms with E-state index in [4.69, 9.17) is 15.2 Å². The highest BCUT2D eigenvalue weighted by Crippen LogP contribution is 2.26. The van der Waals surface area contributed by atoms with Crippen LogP contribution in [0.1, 0.15) is 19.8 Å². The zero-order chi connectivity index (χ0) is 15.2. The Balaban J connectivity index is 1.90. The van der Waals surface area contributed by atoms with Gasteiger partial charge < -0.3 is 25.4 Å². The van der Waals surface area contributed by atoms with E-state index in [9.17, 15) is 4.79 Å². The molecule has 0 bridgehead atoms. The van der Waals surface area contributed by atoms with Crippen LogP contribution in [0.2, 0.25) is 0 Å². The van der Waals surface area contributed by atoms with Crippen molar-refractivity contribution in [2.75, 3.05) is 37.9 Å². The number of nitrogen functional groups attached to an aromatic ring is 1. The molecule has 8 heteroatoms. The smallest absolute Gasteiger partial charge is 0.409 e. The van der Waals surface area contributed by atoms with Crippen molar-refractivity contribution in [1.29, 1.82) is 0 Å². The average molecular weight is 295 g/mol. The van der Waals surface area contributed by atoms with Crippen molar-refractivity contribution in [3.05, 3.63) is 6.33 Å². The number of carbonyl (C=O) groups is 1. The summed E-state index contributed by atoms with van der Waals surface area (Å²) >= 11 is 0. The van der Waals surface area contributed by atoms with Gasteiger partial charge in [-0.05, 0) is 19.8 Å². The first-order chi connectivity index (χ1) is 10.2.